The van der Waals surface area contributed by atoms with Crippen LogP contribution in [-0.2, 0) is 12.6 Å². The van der Waals surface area contributed by atoms with Crippen LogP contribution in [-0.4, -0.2) is 0 Å². The summed E-state index contributed by atoms with van der Waals surface area (Å²) in [5.74, 6) is 0.575. The molecule has 0 N–H and O–H groups in total. The van der Waals surface area contributed by atoms with E-state index in [1.807, 2.05) is 0 Å². The van der Waals surface area contributed by atoms with Gasteiger partial charge >= 0.3 is 6.18 Å². The maximum Gasteiger partial charge on any atom is 0.419 e. The van der Waals surface area contributed by atoms with E-state index in [0.717, 1.165) is 36.8 Å². The molecular formula is C25H38F4. The second-order valence-electron chi connectivity index (χ2n) is 9.00. The Morgan fingerprint density at radius 3 is 1.90 bits per heavy atom. The smallest absolute Gasteiger partial charge is 0.206 e. The van der Waals surface area contributed by atoms with Crippen LogP contribution in [0.5, 0.6) is 0 Å². The summed E-state index contributed by atoms with van der Waals surface area (Å²) >= 11 is 0. The van der Waals surface area contributed by atoms with E-state index in [1.54, 1.807) is 0 Å². The quantitative estimate of drug-likeness (QED) is 0.236. The predicted molar refractivity (Wildman–Crippen MR) is 112 cm³/mol. The fourth-order valence-electron chi connectivity index (χ4n) is 4.73. The molecule has 0 radical (unpaired) electrons. The van der Waals surface area contributed by atoms with Gasteiger partial charge in [0.25, 0.3) is 0 Å². The van der Waals surface area contributed by atoms with E-state index in [2.05, 4.69) is 6.92 Å². The highest BCUT2D eigenvalue weighted by atomic mass is 19.4. The molecule has 1 fully saturated rings. The molecule has 29 heavy (non-hydrogen) atoms. The van der Waals surface area contributed by atoms with Crippen LogP contribution in [0.2, 0.25) is 0 Å². The summed E-state index contributed by atoms with van der Waals surface area (Å²) in [6.45, 7) is 2.26. The molecule has 1 saturated carbocycles. The number of aryl methyl sites for hydroxylation is 1. The molecule has 0 amide bonds. The van der Waals surface area contributed by atoms with Gasteiger partial charge in [0.2, 0.25) is 0 Å². The SMILES string of the molecule is CCCCCCCCC1CCC(CCCCc2ccc(C(F)(F)F)c(F)c2)CC1. The van der Waals surface area contributed by atoms with E-state index in [1.165, 1.54) is 83.1 Å². The molecule has 0 nitrogen and oxygen atoms in total. The fraction of sp³-hybridized carbons (Fsp3) is 0.760. The summed E-state index contributed by atoms with van der Waals surface area (Å²) in [5.41, 5.74) is -0.503. The van der Waals surface area contributed by atoms with Crippen LogP contribution in [0.3, 0.4) is 0 Å². The van der Waals surface area contributed by atoms with Crippen molar-refractivity contribution in [2.24, 2.45) is 11.8 Å². The van der Waals surface area contributed by atoms with Gasteiger partial charge < -0.3 is 0 Å². The van der Waals surface area contributed by atoms with Crippen molar-refractivity contribution < 1.29 is 17.6 Å². The average molecular weight is 415 g/mol. The Kier molecular flexibility index (Phi) is 10.5. The van der Waals surface area contributed by atoms with Gasteiger partial charge in [0.05, 0.1) is 5.56 Å². The molecule has 0 aliphatic heterocycles. The number of hydrogen-bond donors (Lipinski definition) is 0. The van der Waals surface area contributed by atoms with Gasteiger partial charge in [-0.15, -0.1) is 0 Å². The van der Waals surface area contributed by atoms with Gasteiger partial charge in [-0.2, -0.15) is 13.2 Å². The van der Waals surface area contributed by atoms with E-state index in [4.69, 9.17) is 0 Å². The summed E-state index contributed by atoms with van der Waals surface area (Å²) in [6.07, 6.45) is 14.3. The van der Waals surface area contributed by atoms with E-state index >= 15 is 0 Å². The Morgan fingerprint density at radius 2 is 1.34 bits per heavy atom. The molecule has 166 valence electrons. The van der Waals surface area contributed by atoms with Crippen LogP contribution in [0.15, 0.2) is 18.2 Å². The lowest BCUT2D eigenvalue weighted by Gasteiger charge is -2.28. The van der Waals surface area contributed by atoms with Crippen LogP contribution in [0, 0.1) is 17.7 Å². The summed E-state index contributed by atoms with van der Waals surface area (Å²) in [7, 11) is 0. The summed E-state index contributed by atoms with van der Waals surface area (Å²) in [4.78, 5) is 0. The highest BCUT2D eigenvalue weighted by Crippen LogP contribution is 2.35. The molecule has 4 heteroatoms. The predicted octanol–water partition coefficient (Wildman–Crippen LogP) is 9.11. The third-order valence-corrected chi connectivity index (χ3v) is 6.60. The van der Waals surface area contributed by atoms with Crippen LogP contribution in [0.1, 0.15) is 108 Å². The first-order valence-electron chi connectivity index (χ1n) is 11.8. The van der Waals surface area contributed by atoms with Crippen LogP contribution >= 0.6 is 0 Å². The van der Waals surface area contributed by atoms with Gasteiger partial charge in [0.15, 0.2) is 0 Å². The molecule has 1 aliphatic rings. The van der Waals surface area contributed by atoms with Crippen molar-refractivity contribution >= 4 is 0 Å². The number of unbranched alkanes of at least 4 members (excludes halogenated alkanes) is 6. The average Bonchev–Trinajstić information content (AvgIpc) is 2.68. The molecule has 0 spiro atoms. The molecule has 0 bridgehead atoms. The molecule has 0 aromatic heterocycles. The number of hydrogen-bond acceptors (Lipinski definition) is 0. The Hall–Kier alpha value is -1.06. The van der Waals surface area contributed by atoms with E-state index in [9.17, 15) is 17.6 Å². The van der Waals surface area contributed by atoms with Crippen LogP contribution in [0.4, 0.5) is 17.6 Å². The van der Waals surface area contributed by atoms with Gasteiger partial charge in [-0.05, 0) is 42.4 Å². The molecule has 0 atom stereocenters. The third-order valence-electron chi connectivity index (χ3n) is 6.60. The Labute approximate surface area is 174 Å². The van der Waals surface area contributed by atoms with Gasteiger partial charge in [0, 0.05) is 0 Å². The van der Waals surface area contributed by atoms with E-state index in [0.29, 0.717) is 12.0 Å². The number of halogens is 4. The van der Waals surface area contributed by atoms with Gasteiger partial charge in [-0.25, -0.2) is 4.39 Å². The zero-order valence-electron chi connectivity index (χ0n) is 18.0. The highest BCUT2D eigenvalue weighted by Gasteiger charge is 2.33. The van der Waals surface area contributed by atoms with E-state index < -0.39 is 17.6 Å². The first kappa shape index (κ1) is 24.2. The second-order valence-corrected chi connectivity index (χ2v) is 9.00. The van der Waals surface area contributed by atoms with Crippen molar-refractivity contribution in [1.82, 2.24) is 0 Å². The first-order valence-corrected chi connectivity index (χ1v) is 11.8. The second kappa shape index (κ2) is 12.6. The topological polar surface area (TPSA) is 0 Å². The van der Waals surface area contributed by atoms with Gasteiger partial charge in [-0.1, -0.05) is 96.5 Å². The molecule has 1 aromatic rings. The standard InChI is InChI=1S/C25H38F4/c1-2-3-4-5-6-7-10-20-13-15-21(16-14-20)11-8-9-12-22-17-18-23(24(26)19-22)25(27,28)29/h17-21H,2-16H2,1H3. The van der Waals surface area contributed by atoms with Crippen LogP contribution in [0.25, 0.3) is 0 Å². The monoisotopic (exact) mass is 414 g/mol. The van der Waals surface area contributed by atoms with Crippen molar-refractivity contribution in [3.8, 4) is 0 Å². The molecule has 1 aliphatic carbocycles. The van der Waals surface area contributed by atoms with Gasteiger partial charge in [0.1, 0.15) is 5.82 Å². The Bertz CT molecular complexity index is 571. The van der Waals surface area contributed by atoms with Gasteiger partial charge in [-0.3, -0.25) is 0 Å². The van der Waals surface area contributed by atoms with Crippen molar-refractivity contribution in [3.63, 3.8) is 0 Å². The summed E-state index contributed by atoms with van der Waals surface area (Å²) in [6, 6.07) is 3.34. The Balaban J connectivity index is 1.55. The highest BCUT2D eigenvalue weighted by molar-refractivity contribution is 5.26. The van der Waals surface area contributed by atoms with Crippen LogP contribution < -0.4 is 0 Å². The lowest BCUT2D eigenvalue weighted by molar-refractivity contribution is -0.140. The zero-order chi connectivity index (χ0) is 21.1. The molecule has 0 saturated heterocycles. The molecular weight excluding hydrogens is 376 g/mol. The van der Waals surface area contributed by atoms with Crippen molar-refractivity contribution in [1.29, 1.82) is 0 Å². The summed E-state index contributed by atoms with van der Waals surface area (Å²) < 4.78 is 51.5. The third kappa shape index (κ3) is 9.09. The zero-order valence-corrected chi connectivity index (χ0v) is 18.0. The van der Waals surface area contributed by atoms with E-state index in [-0.39, 0.29) is 0 Å². The Morgan fingerprint density at radius 1 is 0.793 bits per heavy atom. The summed E-state index contributed by atoms with van der Waals surface area (Å²) in [5, 5.41) is 0. The lowest BCUT2D eigenvalue weighted by atomic mass is 9.78. The maximum absolute atomic E-state index is 13.6. The molecule has 0 unspecified atom stereocenters. The fourth-order valence-corrected chi connectivity index (χ4v) is 4.73. The largest absolute Gasteiger partial charge is 0.419 e. The lowest BCUT2D eigenvalue weighted by Crippen LogP contribution is -2.14. The number of rotatable bonds is 12. The van der Waals surface area contributed by atoms with Crippen molar-refractivity contribution in [3.05, 3.63) is 35.1 Å². The van der Waals surface area contributed by atoms with Crippen molar-refractivity contribution in [2.45, 2.75) is 109 Å². The number of benzene rings is 1. The molecule has 2 rings (SSSR count). The molecule has 1 aromatic carbocycles. The molecule has 0 heterocycles. The normalized spacial score (nSPS) is 20.2. The minimum Gasteiger partial charge on any atom is -0.206 e. The maximum atomic E-state index is 13.6. The minimum atomic E-state index is -4.61. The van der Waals surface area contributed by atoms with Crippen molar-refractivity contribution in [2.75, 3.05) is 0 Å². The first-order chi connectivity index (χ1) is 13.9. The minimum absolute atomic E-state index is 0.655. The number of alkyl halides is 3.